The van der Waals surface area contributed by atoms with Crippen molar-refractivity contribution < 1.29 is 4.79 Å². The number of fused-ring (bicyclic) bond motifs is 6. The number of thioether (sulfide) groups is 1. The Hall–Kier alpha value is -1.83. The van der Waals surface area contributed by atoms with Crippen molar-refractivity contribution in [3.8, 4) is 0 Å². The van der Waals surface area contributed by atoms with E-state index >= 15 is 0 Å². The van der Waals surface area contributed by atoms with E-state index in [2.05, 4.69) is 22.8 Å². The van der Waals surface area contributed by atoms with Crippen molar-refractivity contribution in [2.75, 3.05) is 5.32 Å². The molecule has 6 rings (SSSR count). The van der Waals surface area contributed by atoms with E-state index in [1.165, 1.54) is 40.4 Å². The van der Waals surface area contributed by atoms with Crippen molar-refractivity contribution in [1.29, 1.82) is 0 Å². The van der Waals surface area contributed by atoms with Crippen molar-refractivity contribution >= 4 is 46.0 Å². The molecule has 0 saturated heterocycles. The number of aromatic nitrogens is 1. The maximum absolute atomic E-state index is 13.0. The van der Waals surface area contributed by atoms with E-state index in [-0.39, 0.29) is 17.3 Å². The average molecular weight is 469 g/mol. The number of hydrogen-bond donors (Lipinski definition) is 1. The van der Waals surface area contributed by atoms with Crippen LogP contribution < -0.4 is 10.2 Å². The molecule has 2 aliphatic carbocycles. The van der Waals surface area contributed by atoms with E-state index in [0.29, 0.717) is 17.1 Å². The minimum absolute atomic E-state index is 0.00886. The van der Waals surface area contributed by atoms with Crippen LogP contribution in [-0.2, 0) is 11.3 Å². The normalized spacial score (nSPS) is 28.4. The second-order valence-corrected chi connectivity index (χ2v) is 12.2. The van der Waals surface area contributed by atoms with Crippen LogP contribution in [0, 0.1) is 24.7 Å². The first-order chi connectivity index (χ1) is 15.1. The van der Waals surface area contributed by atoms with Gasteiger partial charge in [-0.1, -0.05) is 35.1 Å². The third kappa shape index (κ3) is 3.33. The second kappa shape index (κ2) is 7.64. The fraction of sp³-hybridized carbons (Fsp3) is 0.417. The molecule has 0 radical (unpaired) electrons. The lowest BCUT2D eigenvalue weighted by Gasteiger charge is -2.40. The SMILES string of the molecule is Cc1ccc(NC(=O)Cn2c3c(sc2=O)[C@@H](c2cccs2)[C@@H]2[C@H]4CC[C@@H](C4)[C@H]2S3)cc1. The average Bonchev–Trinajstić information content (AvgIpc) is 3.54. The first-order valence-corrected chi connectivity index (χ1v) is 13.5. The molecular weight excluding hydrogens is 444 g/mol. The number of aryl methyl sites for hydroxylation is 1. The lowest BCUT2D eigenvalue weighted by Crippen LogP contribution is -2.34. The smallest absolute Gasteiger partial charge is 0.308 e. The lowest BCUT2D eigenvalue weighted by atomic mass is 9.77. The maximum atomic E-state index is 13.0. The molecule has 1 aromatic carbocycles. The summed E-state index contributed by atoms with van der Waals surface area (Å²) in [6, 6.07) is 12.1. The minimum atomic E-state index is -0.144. The van der Waals surface area contributed by atoms with Gasteiger partial charge in [0.25, 0.3) is 0 Å². The highest BCUT2D eigenvalue weighted by Crippen LogP contribution is 2.64. The van der Waals surface area contributed by atoms with Crippen molar-refractivity contribution in [1.82, 2.24) is 4.57 Å². The molecule has 3 heterocycles. The molecular formula is C24H24N2O2S3. The molecule has 1 amide bonds. The summed E-state index contributed by atoms with van der Waals surface area (Å²) in [5, 5.41) is 6.71. The van der Waals surface area contributed by atoms with Crippen LogP contribution in [0.3, 0.4) is 0 Å². The quantitative estimate of drug-likeness (QED) is 0.545. The lowest BCUT2D eigenvalue weighted by molar-refractivity contribution is -0.116. The van der Waals surface area contributed by atoms with Gasteiger partial charge in [-0.3, -0.25) is 14.2 Å². The third-order valence-electron chi connectivity index (χ3n) is 7.18. The number of thiazole rings is 1. The van der Waals surface area contributed by atoms with Crippen molar-refractivity contribution in [2.24, 2.45) is 17.8 Å². The molecule has 1 N–H and O–H groups in total. The summed E-state index contributed by atoms with van der Waals surface area (Å²) in [7, 11) is 0. The summed E-state index contributed by atoms with van der Waals surface area (Å²) in [5.74, 6) is 2.33. The summed E-state index contributed by atoms with van der Waals surface area (Å²) >= 11 is 5.06. The highest BCUT2D eigenvalue weighted by molar-refractivity contribution is 8.00. The molecule has 7 heteroatoms. The maximum Gasteiger partial charge on any atom is 0.308 e. The molecule has 5 atom stereocenters. The van der Waals surface area contributed by atoms with Gasteiger partial charge < -0.3 is 5.32 Å². The zero-order valence-corrected chi connectivity index (χ0v) is 19.7. The van der Waals surface area contributed by atoms with Crippen molar-refractivity contribution in [2.45, 2.75) is 48.9 Å². The van der Waals surface area contributed by atoms with E-state index in [1.807, 2.05) is 54.3 Å². The zero-order valence-electron chi connectivity index (χ0n) is 17.2. The first-order valence-electron chi connectivity index (χ1n) is 10.9. The Morgan fingerprint density at radius 3 is 2.74 bits per heavy atom. The van der Waals surface area contributed by atoms with Crippen LogP contribution in [0.5, 0.6) is 0 Å². The van der Waals surface area contributed by atoms with Crippen LogP contribution in [0.1, 0.15) is 40.5 Å². The number of nitrogens with one attached hydrogen (secondary N) is 1. The highest BCUT2D eigenvalue weighted by atomic mass is 32.2. The van der Waals surface area contributed by atoms with Gasteiger partial charge in [0, 0.05) is 26.6 Å². The van der Waals surface area contributed by atoms with E-state index in [0.717, 1.165) is 28.1 Å². The van der Waals surface area contributed by atoms with Crippen molar-refractivity contribution in [3.05, 3.63) is 66.8 Å². The van der Waals surface area contributed by atoms with Gasteiger partial charge in [-0.05, 0) is 67.5 Å². The van der Waals surface area contributed by atoms with Crippen LogP contribution in [0.4, 0.5) is 5.69 Å². The molecule has 2 bridgehead atoms. The van der Waals surface area contributed by atoms with E-state index in [4.69, 9.17) is 0 Å². The van der Waals surface area contributed by atoms with Crippen molar-refractivity contribution in [3.63, 3.8) is 0 Å². The molecule has 2 fully saturated rings. The Morgan fingerprint density at radius 1 is 1.16 bits per heavy atom. The summed E-state index contributed by atoms with van der Waals surface area (Å²) in [6.07, 6.45) is 3.98. The fourth-order valence-electron chi connectivity index (χ4n) is 5.85. The molecule has 1 aliphatic heterocycles. The standard InChI is InChI=1S/C24H24N2O2S3/c1-13-4-8-16(9-5-13)25-18(27)12-26-23-22(31-24(26)28)20(17-3-2-10-29-17)19-14-6-7-15(11-14)21(19)30-23/h2-5,8-10,14-15,19-21H,6-7,11-12H2,1H3,(H,25,27)/t14-,15-,19-,20-,21+/m0/s1. The number of anilines is 1. The molecule has 2 aromatic heterocycles. The predicted molar refractivity (Wildman–Crippen MR) is 129 cm³/mol. The Balaban J connectivity index is 1.34. The Labute approximate surface area is 193 Å². The minimum Gasteiger partial charge on any atom is -0.325 e. The van der Waals surface area contributed by atoms with Gasteiger partial charge in [0.05, 0.1) is 5.03 Å². The molecule has 0 spiro atoms. The number of carbonyl (C=O) groups is 1. The molecule has 4 nitrogen and oxygen atoms in total. The number of amides is 1. The molecule has 3 aromatic rings. The Morgan fingerprint density at radius 2 is 1.97 bits per heavy atom. The Bertz CT molecular complexity index is 1180. The molecule has 0 unspecified atom stereocenters. The first kappa shape index (κ1) is 19.8. The van der Waals surface area contributed by atoms with Crippen LogP contribution >= 0.6 is 34.4 Å². The number of benzene rings is 1. The number of hydrogen-bond acceptors (Lipinski definition) is 5. The molecule has 160 valence electrons. The van der Waals surface area contributed by atoms with Gasteiger partial charge in [-0.15, -0.1) is 23.1 Å². The highest BCUT2D eigenvalue weighted by Gasteiger charge is 2.55. The zero-order chi connectivity index (χ0) is 21.1. The number of rotatable bonds is 4. The number of thiophene rings is 1. The van der Waals surface area contributed by atoms with Gasteiger partial charge in [-0.2, -0.15) is 0 Å². The van der Waals surface area contributed by atoms with Gasteiger partial charge in [0.1, 0.15) is 6.54 Å². The van der Waals surface area contributed by atoms with E-state index < -0.39 is 0 Å². The summed E-state index contributed by atoms with van der Waals surface area (Å²) in [5.41, 5.74) is 1.92. The third-order valence-corrected chi connectivity index (χ3v) is 11.0. The Kier molecular flexibility index (Phi) is 4.89. The van der Waals surface area contributed by atoms with Gasteiger partial charge in [0.15, 0.2) is 0 Å². The topological polar surface area (TPSA) is 51.1 Å². The van der Waals surface area contributed by atoms with Gasteiger partial charge in [0.2, 0.25) is 5.91 Å². The number of carbonyl (C=O) groups excluding carboxylic acids is 1. The van der Waals surface area contributed by atoms with Crippen LogP contribution in [0.25, 0.3) is 0 Å². The van der Waals surface area contributed by atoms with Crippen LogP contribution in [0.15, 0.2) is 51.6 Å². The molecule has 2 saturated carbocycles. The summed E-state index contributed by atoms with van der Waals surface area (Å²) < 4.78 is 1.73. The fourth-order valence-corrected chi connectivity index (χ4v) is 9.96. The van der Waals surface area contributed by atoms with Crippen LogP contribution in [-0.4, -0.2) is 15.7 Å². The molecule has 3 aliphatic rings. The molecule has 31 heavy (non-hydrogen) atoms. The summed E-state index contributed by atoms with van der Waals surface area (Å²) in [4.78, 5) is 28.4. The predicted octanol–water partition coefficient (Wildman–Crippen LogP) is 5.57. The van der Waals surface area contributed by atoms with Gasteiger partial charge in [-0.25, -0.2) is 0 Å². The largest absolute Gasteiger partial charge is 0.325 e. The monoisotopic (exact) mass is 468 g/mol. The summed E-state index contributed by atoms with van der Waals surface area (Å²) in [6.45, 7) is 2.10. The van der Waals surface area contributed by atoms with E-state index in [9.17, 15) is 9.59 Å². The second-order valence-electron chi connectivity index (χ2n) is 9.02. The number of nitrogens with zero attached hydrogens (tertiary/aromatic N) is 1. The van der Waals surface area contributed by atoms with Crippen LogP contribution in [0.2, 0.25) is 0 Å². The van der Waals surface area contributed by atoms with E-state index in [1.54, 1.807) is 4.57 Å². The van der Waals surface area contributed by atoms with Gasteiger partial charge >= 0.3 is 4.87 Å².